The van der Waals surface area contributed by atoms with E-state index in [0.29, 0.717) is 22.1 Å². The van der Waals surface area contributed by atoms with Crippen molar-refractivity contribution >= 4 is 44.0 Å². The molecule has 2 N–H and O–H groups in total. The normalized spacial score (nSPS) is 11.4. The van der Waals surface area contributed by atoms with Crippen LogP contribution in [0.5, 0.6) is 0 Å². The van der Waals surface area contributed by atoms with Gasteiger partial charge in [0.25, 0.3) is 5.91 Å². The van der Waals surface area contributed by atoms with Gasteiger partial charge in [0.05, 0.1) is 4.90 Å². The van der Waals surface area contributed by atoms with Gasteiger partial charge in [-0.15, -0.1) is 11.3 Å². The fourth-order valence-electron chi connectivity index (χ4n) is 2.75. The molecule has 0 atom stereocenters. The highest BCUT2D eigenvalue weighted by Gasteiger charge is 2.18. The maximum absolute atomic E-state index is 12.7. The smallest absolute Gasteiger partial charge is 0.257 e. The zero-order valence-corrected chi connectivity index (χ0v) is 18.3. The van der Waals surface area contributed by atoms with Crippen LogP contribution in [0.1, 0.15) is 33.3 Å². The number of hydrogen-bond donors (Lipinski definition) is 2. The number of hydrogen-bond acceptors (Lipinski definition) is 5. The van der Waals surface area contributed by atoms with Crippen LogP contribution in [0.4, 0.5) is 5.13 Å². The molecule has 152 valence electrons. The van der Waals surface area contributed by atoms with Crippen LogP contribution in [0.3, 0.4) is 0 Å². The molecule has 9 heteroatoms. The molecule has 1 aromatic heterocycles. The van der Waals surface area contributed by atoms with Crippen molar-refractivity contribution in [1.29, 1.82) is 0 Å². The van der Waals surface area contributed by atoms with Gasteiger partial charge in [-0.1, -0.05) is 36.7 Å². The molecule has 0 saturated carbocycles. The molecule has 0 radical (unpaired) electrons. The van der Waals surface area contributed by atoms with Crippen LogP contribution < -0.4 is 10.0 Å². The first-order chi connectivity index (χ1) is 13.8. The van der Waals surface area contributed by atoms with Gasteiger partial charge in [0.15, 0.2) is 5.13 Å². The number of rotatable bonds is 7. The topological polar surface area (TPSA) is 88.2 Å². The van der Waals surface area contributed by atoms with E-state index in [0.717, 1.165) is 10.4 Å². The number of nitrogens with zero attached hydrogens (tertiary/aromatic N) is 1. The fraction of sp³-hybridized carbons (Fsp3) is 0.200. The number of anilines is 1. The van der Waals surface area contributed by atoms with Crippen LogP contribution in [-0.4, -0.2) is 25.9 Å². The second-order valence-corrected chi connectivity index (χ2v) is 9.69. The number of carbonyl (C=O) groups excluding carboxylic acids is 1. The first kappa shape index (κ1) is 21.4. The van der Waals surface area contributed by atoms with Gasteiger partial charge >= 0.3 is 0 Å². The molecule has 0 spiro atoms. The van der Waals surface area contributed by atoms with E-state index >= 15 is 0 Å². The van der Waals surface area contributed by atoms with Crippen LogP contribution in [0, 0.1) is 6.92 Å². The van der Waals surface area contributed by atoms with Crippen molar-refractivity contribution < 1.29 is 13.2 Å². The predicted molar refractivity (Wildman–Crippen MR) is 116 cm³/mol. The SMILES string of the molecule is CCNS(=O)(=O)c1ccc(C)c(C(=O)Nc2ncc(Cc3cccc(Cl)c3)s2)c1. The number of aryl methyl sites for hydroxylation is 1. The van der Waals surface area contributed by atoms with Gasteiger partial charge in [0.2, 0.25) is 10.0 Å². The van der Waals surface area contributed by atoms with Gasteiger partial charge in [-0.05, 0) is 42.3 Å². The Bertz CT molecular complexity index is 1140. The zero-order valence-electron chi connectivity index (χ0n) is 15.9. The molecule has 2 aromatic carbocycles. The first-order valence-corrected chi connectivity index (χ1v) is 11.6. The lowest BCUT2D eigenvalue weighted by atomic mass is 10.1. The number of aromatic nitrogens is 1. The minimum absolute atomic E-state index is 0.0517. The Balaban J connectivity index is 1.76. The van der Waals surface area contributed by atoms with Gasteiger partial charge in [-0.3, -0.25) is 10.1 Å². The molecule has 6 nitrogen and oxygen atoms in total. The minimum Gasteiger partial charge on any atom is -0.298 e. The summed E-state index contributed by atoms with van der Waals surface area (Å²) >= 11 is 7.38. The molecule has 0 aliphatic rings. The molecule has 1 heterocycles. The van der Waals surface area contributed by atoms with E-state index in [1.807, 2.05) is 24.3 Å². The van der Waals surface area contributed by atoms with Crippen LogP contribution in [0.2, 0.25) is 5.02 Å². The number of thiazole rings is 1. The molecule has 3 rings (SSSR count). The summed E-state index contributed by atoms with van der Waals surface area (Å²) in [5.41, 5.74) is 2.01. The van der Waals surface area contributed by atoms with Crippen LogP contribution in [0.25, 0.3) is 0 Å². The lowest BCUT2D eigenvalue weighted by Crippen LogP contribution is -2.24. The Kier molecular flexibility index (Phi) is 6.69. The Morgan fingerprint density at radius 1 is 1.21 bits per heavy atom. The van der Waals surface area contributed by atoms with Crippen LogP contribution >= 0.6 is 22.9 Å². The van der Waals surface area contributed by atoms with E-state index < -0.39 is 15.9 Å². The quantitative estimate of drug-likeness (QED) is 0.564. The molecular weight excluding hydrogens is 430 g/mol. The van der Waals surface area contributed by atoms with Crippen molar-refractivity contribution in [3.63, 3.8) is 0 Å². The van der Waals surface area contributed by atoms with Crippen LogP contribution in [0.15, 0.2) is 53.6 Å². The number of amides is 1. The summed E-state index contributed by atoms with van der Waals surface area (Å²) < 4.78 is 26.9. The van der Waals surface area contributed by atoms with Crippen molar-refractivity contribution in [2.24, 2.45) is 0 Å². The summed E-state index contributed by atoms with van der Waals surface area (Å²) in [5.74, 6) is -0.403. The molecule has 0 unspecified atom stereocenters. The highest BCUT2D eigenvalue weighted by atomic mass is 35.5. The maximum Gasteiger partial charge on any atom is 0.257 e. The van der Waals surface area contributed by atoms with Gasteiger partial charge in [0.1, 0.15) is 0 Å². The third-order valence-corrected chi connectivity index (χ3v) is 6.83. The largest absolute Gasteiger partial charge is 0.298 e. The van der Waals surface area contributed by atoms with Crippen molar-refractivity contribution in [3.8, 4) is 0 Å². The van der Waals surface area contributed by atoms with Crippen LogP contribution in [-0.2, 0) is 16.4 Å². The number of nitrogens with one attached hydrogen (secondary N) is 2. The fourth-order valence-corrected chi connectivity index (χ4v) is 4.87. The summed E-state index contributed by atoms with van der Waals surface area (Å²) in [6.07, 6.45) is 2.36. The third-order valence-electron chi connectivity index (χ3n) is 4.14. The summed E-state index contributed by atoms with van der Waals surface area (Å²) in [5, 5.41) is 3.87. The van der Waals surface area contributed by atoms with E-state index in [4.69, 9.17) is 11.6 Å². The molecular formula is C20H20ClN3O3S2. The second kappa shape index (κ2) is 9.04. The third kappa shape index (κ3) is 5.42. The zero-order chi connectivity index (χ0) is 21.0. The van der Waals surface area contributed by atoms with Crippen molar-refractivity contribution in [1.82, 2.24) is 9.71 Å². The monoisotopic (exact) mass is 449 g/mol. The number of benzene rings is 2. The van der Waals surface area contributed by atoms with Gasteiger partial charge < -0.3 is 0 Å². The molecule has 3 aromatic rings. The molecule has 0 saturated heterocycles. The molecule has 0 aliphatic heterocycles. The summed E-state index contributed by atoms with van der Waals surface area (Å²) in [6, 6.07) is 12.0. The van der Waals surface area contributed by atoms with E-state index in [1.165, 1.54) is 23.5 Å². The molecule has 0 aliphatic carbocycles. The average molecular weight is 450 g/mol. The molecule has 29 heavy (non-hydrogen) atoms. The highest BCUT2D eigenvalue weighted by molar-refractivity contribution is 7.89. The summed E-state index contributed by atoms with van der Waals surface area (Å²) in [6.45, 7) is 3.72. The van der Waals surface area contributed by atoms with Gasteiger partial charge in [0, 0.05) is 34.6 Å². The summed E-state index contributed by atoms with van der Waals surface area (Å²) in [4.78, 5) is 18.0. The standard InChI is InChI=1S/C20H20ClN3O3S2/c1-3-23-29(26,27)17-8-7-13(2)18(11-17)19(25)24-20-22-12-16(28-20)10-14-5-4-6-15(21)9-14/h4-9,11-12,23H,3,10H2,1-2H3,(H,22,24,25). The lowest BCUT2D eigenvalue weighted by molar-refractivity contribution is 0.102. The van der Waals surface area contributed by atoms with E-state index in [2.05, 4.69) is 15.0 Å². The first-order valence-electron chi connectivity index (χ1n) is 8.89. The molecule has 1 amide bonds. The number of halogens is 1. The van der Waals surface area contributed by atoms with E-state index in [-0.39, 0.29) is 17.0 Å². The summed E-state index contributed by atoms with van der Waals surface area (Å²) in [7, 11) is -3.64. The maximum atomic E-state index is 12.7. The second-order valence-electron chi connectivity index (χ2n) is 6.37. The number of carbonyl (C=O) groups is 1. The average Bonchev–Trinajstić information content (AvgIpc) is 3.08. The Morgan fingerprint density at radius 3 is 2.72 bits per heavy atom. The van der Waals surface area contributed by atoms with E-state index in [1.54, 1.807) is 26.1 Å². The highest BCUT2D eigenvalue weighted by Crippen LogP contribution is 2.24. The van der Waals surface area contributed by atoms with Gasteiger partial charge in [-0.2, -0.15) is 0 Å². The lowest BCUT2D eigenvalue weighted by Gasteiger charge is -2.09. The van der Waals surface area contributed by atoms with Crippen molar-refractivity contribution in [3.05, 3.63) is 75.3 Å². The Morgan fingerprint density at radius 2 is 2.00 bits per heavy atom. The Hall–Kier alpha value is -2.26. The molecule has 0 fully saturated rings. The predicted octanol–water partition coefficient (Wildman–Crippen LogP) is 4.25. The minimum atomic E-state index is -3.64. The van der Waals surface area contributed by atoms with E-state index in [9.17, 15) is 13.2 Å². The van der Waals surface area contributed by atoms with Crippen molar-refractivity contribution in [2.45, 2.75) is 25.2 Å². The Labute approximate surface area is 179 Å². The van der Waals surface area contributed by atoms with Gasteiger partial charge in [-0.25, -0.2) is 18.1 Å². The number of sulfonamides is 1. The molecule has 0 bridgehead atoms. The van der Waals surface area contributed by atoms with Crippen molar-refractivity contribution in [2.75, 3.05) is 11.9 Å².